The van der Waals surface area contributed by atoms with Gasteiger partial charge in [0.1, 0.15) is 5.82 Å². The summed E-state index contributed by atoms with van der Waals surface area (Å²) in [5.74, 6) is -0.116. The van der Waals surface area contributed by atoms with E-state index in [1.807, 2.05) is 23.8 Å². The van der Waals surface area contributed by atoms with E-state index in [0.29, 0.717) is 6.42 Å². The van der Waals surface area contributed by atoms with Gasteiger partial charge in [0, 0.05) is 17.1 Å². The number of hydrogen-bond donors (Lipinski definition) is 1. The molecule has 0 saturated carbocycles. The number of rotatable bonds is 7. The minimum atomic E-state index is -0.116. The highest BCUT2D eigenvalue weighted by molar-refractivity contribution is 7.09. The number of nitrogens with one attached hydrogen (secondary N) is 1. The van der Waals surface area contributed by atoms with Crippen LogP contribution >= 0.6 is 11.3 Å². The first kappa shape index (κ1) is 14.2. The van der Waals surface area contributed by atoms with E-state index < -0.39 is 0 Å². The Morgan fingerprint density at radius 1 is 1.32 bits per heavy atom. The normalized spacial score (nSPS) is 12.5. The third-order valence-electron chi connectivity index (χ3n) is 3.04. The molecule has 0 radical (unpaired) electrons. The molecule has 0 spiro atoms. The summed E-state index contributed by atoms with van der Waals surface area (Å²) < 4.78 is 13.7. The van der Waals surface area contributed by atoms with E-state index in [1.165, 1.54) is 10.9 Å². The fraction of sp³-hybridized carbons (Fsp3) is 0.400. The Morgan fingerprint density at radius 2 is 2.16 bits per heavy atom. The quantitative estimate of drug-likeness (QED) is 0.839. The Balaban J connectivity index is 2.03. The van der Waals surface area contributed by atoms with Crippen molar-refractivity contribution >= 4 is 11.3 Å². The van der Waals surface area contributed by atoms with Crippen LogP contribution in [0.2, 0.25) is 0 Å². The van der Waals surface area contributed by atoms with E-state index in [1.54, 1.807) is 17.4 Å². The van der Waals surface area contributed by atoms with Gasteiger partial charge in [0.2, 0.25) is 0 Å². The van der Waals surface area contributed by atoms with Gasteiger partial charge in [-0.3, -0.25) is 4.98 Å². The molecule has 2 rings (SSSR count). The Hall–Kier alpha value is -1.26. The lowest BCUT2D eigenvalue weighted by Gasteiger charge is -2.18. The maximum absolute atomic E-state index is 13.7. The van der Waals surface area contributed by atoms with Crippen LogP contribution in [0.3, 0.4) is 0 Å². The van der Waals surface area contributed by atoms with Crippen molar-refractivity contribution in [1.82, 2.24) is 10.3 Å². The lowest BCUT2D eigenvalue weighted by atomic mass is 10.0. The van der Waals surface area contributed by atoms with Crippen molar-refractivity contribution in [3.05, 3.63) is 52.2 Å². The molecule has 1 heterocycles. The topological polar surface area (TPSA) is 24.9 Å². The first-order valence-corrected chi connectivity index (χ1v) is 7.51. The summed E-state index contributed by atoms with van der Waals surface area (Å²) in [4.78, 5) is 5.34. The summed E-state index contributed by atoms with van der Waals surface area (Å²) in [5.41, 5.74) is 2.62. The van der Waals surface area contributed by atoms with Gasteiger partial charge >= 0.3 is 0 Å². The lowest BCUT2D eigenvalue weighted by Crippen LogP contribution is -2.33. The number of benzene rings is 1. The summed E-state index contributed by atoms with van der Waals surface area (Å²) >= 11 is 1.65. The van der Waals surface area contributed by atoms with Gasteiger partial charge in [0.15, 0.2) is 0 Å². The van der Waals surface area contributed by atoms with Crippen LogP contribution in [-0.4, -0.2) is 17.6 Å². The standard InChI is InChI=1S/C15H19FN2S/c1-2-7-18-13(9-14-10-17-11-19-14)8-12-5-3-4-6-15(12)16/h3-6,10-11,13,18H,2,7-9H2,1H3. The van der Waals surface area contributed by atoms with Gasteiger partial charge < -0.3 is 5.32 Å². The van der Waals surface area contributed by atoms with Gasteiger partial charge in [-0.15, -0.1) is 11.3 Å². The van der Waals surface area contributed by atoms with Gasteiger partial charge in [-0.25, -0.2) is 4.39 Å². The third-order valence-corrected chi connectivity index (χ3v) is 3.84. The van der Waals surface area contributed by atoms with E-state index in [-0.39, 0.29) is 11.9 Å². The molecule has 2 aromatic rings. The van der Waals surface area contributed by atoms with Crippen LogP contribution in [0.15, 0.2) is 36.0 Å². The molecular weight excluding hydrogens is 259 g/mol. The average molecular weight is 278 g/mol. The van der Waals surface area contributed by atoms with Crippen molar-refractivity contribution in [1.29, 1.82) is 0 Å². The largest absolute Gasteiger partial charge is 0.313 e. The number of nitrogens with zero attached hydrogens (tertiary/aromatic N) is 1. The van der Waals surface area contributed by atoms with Gasteiger partial charge in [0.25, 0.3) is 0 Å². The molecule has 19 heavy (non-hydrogen) atoms. The van der Waals surface area contributed by atoms with Crippen LogP contribution in [0.25, 0.3) is 0 Å². The summed E-state index contributed by atoms with van der Waals surface area (Å²) in [6.45, 7) is 3.10. The summed E-state index contributed by atoms with van der Waals surface area (Å²) in [7, 11) is 0. The molecular formula is C15H19FN2S. The van der Waals surface area contributed by atoms with Crippen LogP contribution in [0, 0.1) is 5.82 Å². The van der Waals surface area contributed by atoms with E-state index in [4.69, 9.17) is 0 Å². The van der Waals surface area contributed by atoms with Crippen molar-refractivity contribution in [2.45, 2.75) is 32.2 Å². The Kier molecular flexibility index (Phi) is 5.48. The van der Waals surface area contributed by atoms with Gasteiger partial charge in [-0.2, -0.15) is 0 Å². The zero-order valence-corrected chi connectivity index (χ0v) is 11.9. The number of thiazole rings is 1. The van der Waals surface area contributed by atoms with Gasteiger partial charge in [-0.1, -0.05) is 25.1 Å². The zero-order valence-electron chi connectivity index (χ0n) is 11.1. The zero-order chi connectivity index (χ0) is 13.5. The van der Waals surface area contributed by atoms with Gasteiger partial charge in [-0.05, 0) is 37.4 Å². The maximum Gasteiger partial charge on any atom is 0.126 e. The number of aromatic nitrogens is 1. The summed E-state index contributed by atoms with van der Waals surface area (Å²) in [5, 5.41) is 3.50. The molecule has 1 N–H and O–H groups in total. The molecule has 0 aliphatic carbocycles. The maximum atomic E-state index is 13.7. The van der Waals surface area contributed by atoms with Crippen molar-refractivity contribution in [2.24, 2.45) is 0 Å². The number of halogens is 1. The minimum absolute atomic E-state index is 0.116. The van der Waals surface area contributed by atoms with Crippen LogP contribution in [0.1, 0.15) is 23.8 Å². The summed E-state index contributed by atoms with van der Waals surface area (Å²) in [6.07, 6.45) is 4.59. The molecule has 102 valence electrons. The highest BCUT2D eigenvalue weighted by atomic mass is 32.1. The molecule has 1 atom stereocenters. The molecule has 0 aliphatic rings. The van der Waals surface area contributed by atoms with Crippen LogP contribution in [-0.2, 0) is 12.8 Å². The first-order valence-electron chi connectivity index (χ1n) is 6.63. The van der Waals surface area contributed by atoms with Crippen molar-refractivity contribution in [2.75, 3.05) is 6.54 Å². The van der Waals surface area contributed by atoms with Gasteiger partial charge in [0.05, 0.1) is 5.51 Å². The molecule has 1 aromatic heterocycles. The van der Waals surface area contributed by atoms with E-state index in [2.05, 4.69) is 17.2 Å². The van der Waals surface area contributed by atoms with Crippen molar-refractivity contribution in [3.63, 3.8) is 0 Å². The third kappa shape index (κ3) is 4.40. The fourth-order valence-corrected chi connectivity index (χ4v) is 2.76. The van der Waals surface area contributed by atoms with Crippen LogP contribution < -0.4 is 5.32 Å². The van der Waals surface area contributed by atoms with Crippen LogP contribution in [0.4, 0.5) is 4.39 Å². The van der Waals surface area contributed by atoms with E-state index in [9.17, 15) is 4.39 Å². The SMILES string of the molecule is CCCNC(Cc1cncs1)Cc1ccccc1F. The average Bonchev–Trinajstić information content (AvgIpc) is 2.91. The van der Waals surface area contributed by atoms with E-state index in [0.717, 1.165) is 24.9 Å². The number of hydrogen-bond acceptors (Lipinski definition) is 3. The second-order valence-corrected chi connectivity index (χ2v) is 5.59. The molecule has 0 saturated heterocycles. The fourth-order valence-electron chi connectivity index (χ4n) is 2.08. The van der Waals surface area contributed by atoms with Crippen molar-refractivity contribution in [3.8, 4) is 0 Å². The molecule has 2 nitrogen and oxygen atoms in total. The predicted octanol–water partition coefficient (Wildman–Crippen LogP) is 3.44. The summed E-state index contributed by atoms with van der Waals surface area (Å²) in [6, 6.07) is 7.28. The molecule has 1 unspecified atom stereocenters. The van der Waals surface area contributed by atoms with E-state index >= 15 is 0 Å². The lowest BCUT2D eigenvalue weighted by molar-refractivity contribution is 0.494. The predicted molar refractivity (Wildman–Crippen MR) is 78.0 cm³/mol. The monoisotopic (exact) mass is 278 g/mol. The second-order valence-electron chi connectivity index (χ2n) is 4.62. The second kappa shape index (κ2) is 7.36. The highest BCUT2D eigenvalue weighted by Gasteiger charge is 2.13. The molecule has 0 aliphatic heterocycles. The van der Waals surface area contributed by atoms with Crippen molar-refractivity contribution < 1.29 is 4.39 Å². The Labute approximate surface area is 117 Å². The smallest absolute Gasteiger partial charge is 0.126 e. The van der Waals surface area contributed by atoms with Crippen LogP contribution in [0.5, 0.6) is 0 Å². The Morgan fingerprint density at radius 3 is 2.84 bits per heavy atom. The molecule has 0 bridgehead atoms. The molecule has 4 heteroatoms. The molecule has 1 aromatic carbocycles. The first-order chi connectivity index (χ1) is 9.29. The molecule has 0 amide bonds. The Bertz CT molecular complexity index is 485. The highest BCUT2D eigenvalue weighted by Crippen LogP contribution is 2.14. The minimum Gasteiger partial charge on any atom is -0.313 e. The molecule has 0 fully saturated rings.